The van der Waals surface area contributed by atoms with Crippen molar-refractivity contribution in [1.82, 2.24) is 0 Å². The Morgan fingerprint density at radius 2 is 2.00 bits per heavy atom. The Hall–Kier alpha value is -2.56. The predicted molar refractivity (Wildman–Crippen MR) is 78.0 cm³/mol. The van der Waals surface area contributed by atoms with Gasteiger partial charge in [0.2, 0.25) is 0 Å². The summed E-state index contributed by atoms with van der Waals surface area (Å²) in [7, 11) is 0. The lowest BCUT2D eigenvalue weighted by atomic mass is 10.1. The van der Waals surface area contributed by atoms with Crippen LogP contribution in [0.5, 0.6) is 5.75 Å². The second-order valence-corrected chi connectivity index (χ2v) is 4.68. The Balaban J connectivity index is 2.15. The van der Waals surface area contributed by atoms with Crippen molar-refractivity contribution < 1.29 is 10.0 Å². The number of aromatic hydroxyl groups is 1. The van der Waals surface area contributed by atoms with Crippen LogP contribution in [0.4, 0.5) is 11.4 Å². The van der Waals surface area contributed by atoms with E-state index in [0.29, 0.717) is 6.54 Å². The molecule has 0 saturated heterocycles. The van der Waals surface area contributed by atoms with Gasteiger partial charge in [0.1, 0.15) is 5.75 Å². The molecule has 0 aromatic heterocycles. The molecule has 0 radical (unpaired) electrons. The summed E-state index contributed by atoms with van der Waals surface area (Å²) in [6.45, 7) is 4.13. The van der Waals surface area contributed by atoms with Crippen LogP contribution >= 0.6 is 0 Å². The van der Waals surface area contributed by atoms with Gasteiger partial charge in [0.05, 0.1) is 4.92 Å². The number of hydrogen-bond acceptors (Lipinski definition) is 4. The van der Waals surface area contributed by atoms with Crippen LogP contribution < -0.4 is 5.32 Å². The minimum atomic E-state index is -0.410. The fourth-order valence-corrected chi connectivity index (χ4v) is 2.00. The average molecular weight is 272 g/mol. The molecule has 0 aliphatic rings. The second kappa shape index (κ2) is 5.61. The van der Waals surface area contributed by atoms with Crippen LogP contribution in [-0.4, -0.2) is 10.0 Å². The van der Waals surface area contributed by atoms with E-state index in [-0.39, 0.29) is 11.4 Å². The molecule has 0 bridgehead atoms. The average Bonchev–Trinajstić information content (AvgIpc) is 2.44. The van der Waals surface area contributed by atoms with E-state index >= 15 is 0 Å². The number of hydrogen-bond donors (Lipinski definition) is 2. The zero-order valence-electron chi connectivity index (χ0n) is 11.4. The molecule has 2 rings (SSSR count). The first-order valence-electron chi connectivity index (χ1n) is 6.25. The summed E-state index contributed by atoms with van der Waals surface area (Å²) in [5, 5.41) is 23.8. The fraction of sp³-hybridized carbons (Fsp3) is 0.200. The first-order chi connectivity index (χ1) is 9.49. The Labute approximate surface area is 117 Å². The van der Waals surface area contributed by atoms with E-state index < -0.39 is 4.92 Å². The number of anilines is 1. The maximum absolute atomic E-state index is 10.7. The fourth-order valence-electron chi connectivity index (χ4n) is 2.00. The molecular formula is C15H16N2O3. The van der Waals surface area contributed by atoms with Gasteiger partial charge in [-0.1, -0.05) is 18.2 Å². The molecule has 0 saturated carbocycles. The molecule has 0 aliphatic heterocycles. The molecule has 2 N–H and O–H groups in total. The van der Waals surface area contributed by atoms with Crippen molar-refractivity contribution >= 4 is 11.4 Å². The SMILES string of the molecule is Cc1ccc(NCc2cccc([N+](=O)[O-])c2)c(C)c1O. The molecule has 0 aliphatic carbocycles. The molecule has 0 spiro atoms. The Morgan fingerprint density at radius 1 is 1.25 bits per heavy atom. The normalized spacial score (nSPS) is 10.3. The van der Waals surface area contributed by atoms with Crippen LogP contribution in [0.15, 0.2) is 36.4 Å². The van der Waals surface area contributed by atoms with Gasteiger partial charge in [0, 0.05) is 29.9 Å². The topological polar surface area (TPSA) is 75.4 Å². The number of phenolic OH excluding ortho intramolecular Hbond substituents is 1. The van der Waals surface area contributed by atoms with Crippen molar-refractivity contribution in [2.24, 2.45) is 0 Å². The maximum Gasteiger partial charge on any atom is 0.269 e. The summed E-state index contributed by atoms with van der Waals surface area (Å²) in [5.74, 6) is 0.272. The van der Waals surface area contributed by atoms with Gasteiger partial charge >= 0.3 is 0 Å². The van der Waals surface area contributed by atoms with Crippen molar-refractivity contribution in [2.75, 3.05) is 5.32 Å². The molecule has 5 nitrogen and oxygen atoms in total. The molecule has 2 aromatic carbocycles. The summed E-state index contributed by atoms with van der Waals surface area (Å²) in [6, 6.07) is 10.2. The van der Waals surface area contributed by atoms with Crippen molar-refractivity contribution in [2.45, 2.75) is 20.4 Å². The third-order valence-electron chi connectivity index (χ3n) is 3.24. The molecule has 0 amide bonds. The number of benzene rings is 2. The van der Waals surface area contributed by atoms with Gasteiger partial charge in [-0.3, -0.25) is 10.1 Å². The largest absolute Gasteiger partial charge is 0.507 e. The van der Waals surface area contributed by atoms with E-state index in [1.54, 1.807) is 6.07 Å². The van der Waals surface area contributed by atoms with Crippen LogP contribution in [0.3, 0.4) is 0 Å². The van der Waals surface area contributed by atoms with Crippen LogP contribution in [0, 0.1) is 24.0 Å². The van der Waals surface area contributed by atoms with Gasteiger partial charge in [-0.2, -0.15) is 0 Å². The summed E-state index contributed by atoms with van der Waals surface area (Å²) < 4.78 is 0. The monoisotopic (exact) mass is 272 g/mol. The third-order valence-corrected chi connectivity index (χ3v) is 3.24. The number of nitro groups is 1. The van der Waals surface area contributed by atoms with E-state index in [2.05, 4.69) is 5.32 Å². The van der Waals surface area contributed by atoms with Crippen LogP contribution in [0.2, 0.25) is 0 Å². The van der Waals surface area contributed by atoms with E-state index in [0.717, 1.165) is 22.4 Å². The Morgan fingerprint density at radius 3 is 2.70 bits per heavy atom. The maximum atomic E-state index is 10.7. The van der Waals surface area contributed by atoms with Crippen LogP contribution in [0.25, 0.3) is 0 Å². The standard InChI is InChI=1S/C15H16N2O3/c1-10-6-7-14(11(2)15(10)18)16-9-12-4-3-5-13(8-12)17(19)20/h3-8,16,18H,9H2,1-2H3. The predicted octanol–water partition coefficient (Wildman–Crippen LogP) is 3.53. The minimum Gasteiger partial charge on any atom is -0.507 e. The second-order valence-electron chi connectivity index (χ2n) is 4.68. The van der Waals surface area contributed by atoms with Crippen LogP contribution in [-0.2, 0) is 6.54 Å². The molecule has 0 heterocycles. The molecular weight excluding hydrogens is 256 g/mol. The smallest absolute Gasteiger partial charge is 0.269 e. The van der Waals surface area contributed by atoms with Crippen molar-refractivity contribution in [3.05, 3.63) is 63.2 Å². The quantitative estimate of drug-likeness (QED) is 0.659. The van der Waals surface area contributed by atoms with E-state index in [1.807, 2.05) is 32.0 Å². The highest BCUT2D eigenvalue weighted by Crippen LogP contribution is 2.28. The van der Waals surface area contributed by atoms with Gasteiger partial charge in [0.15, 0.2) is 0 Å². The molecule has 0 unspecified atom stereocenters. The summed E-state index contributed by atoms with van der Waals surface area (Å²) in [4.78, 5) is 10.3. The van der Waals surface area contributed by atoms with Gasteiger partial charge in [-0.25, -0.2) is 0 Å². The highest BCUT2D eigenvalue weighted by molar-refractivity contribution is 5.59. The molecule has 0 atom stereocenters. The van der Waals surface area contributed by atoms with Crippen molar-refractivity contribution in [3.63, 3.8) is 0 Å². The zero-order valence-corrected chi connectivity index (χ0v) is 11.4. The number of nitrogens with one attached hydrogen (secondary N) is 1. The van der Waals surface area contributed by atoms with Gasteiger partial charge in [-0.05, 0) is 31.0 Å². The minimum absolute atomic E-state index is 0.0766. The molecule has 2 aromatic rings. The number of aryl methyl sites for hydroxylation is 1. The van der Waals surface area contributed by atoms with Gasteiger partial charge in [0.25, 0.3) is 5.69 Å². The Bertz CT molecular complexity index is 654. The van der Waals surface area contributed by atoms with Crippen molar-refractivity contribution in [1.29, 1.82) is 0 Å². The first-order valence-corrected chi connectivity index (χ1v) is 6.25. The number of nitrogens with zero attached hydrogens (tertiary/aromatic N) is 1. The first kappa shape index (κ1) is 13.9. The van der Waals surface area contributed by atoms with E-state index in [9.17, 15) is 15.2 Å². The highest BCUT2D eigenvalue weighted by atomic mass is 16.6. The van der Waals surface area contributed by atoms with Gasteiger partial charge < -0.3 is 10.4 Å². The van der Waals surface area contributed by atoms with Crippen LogP contribution in [0.1, 0.15) is 16.7 Å². The zero-order chi connectivity index (χ0) is 14.7. The van der Waals surface area contributed by atoms with Crippen molar-refractivity contribution in [3.8, 4) is 5.75 Å². The molecule has 20 heavy (non-hydrogen) atoms. The molecule has 0 fully saturated rings. The number of rotatable bonds is 4. The number of phenols is 1. The lowest BCUT2D eigenvalue weighted by Gasteiger charge is -2.12. The third kappa shape index (κ3) is 2.88. The lowest BCUT2D eigenvalue weighted by Crippen LogP contribution is -2.02. The summed E-state index contributed by atoms with van der Waals surface area (Å²) in [5.41, 5.74) is 3.31. The highest BCUT2D eigenvalue weighted by Gasteiger charge is 2.08. The number of nitro benzene ring substituents is 1. The van der Waals surface area contributed by atoms with E-state index in [1.165, 1.54) is 12.1 Å². The summed E-state index contributed by atoms with van der Waals surface area (Å²) in [6.07, 6.45) is 0. The van der Waals surface area contributed by atoms with Gasteiger partial charge in [-0.15, -0.1) is 0 Å². The number of non-ortho nitro benzene ring substituents is 1. The van der Waals surface area contributed by atoms with E-state index in [4.69, 9.17) is 0 Å². The summed E-state index contributed by atoms with van der Waals surface area (Å²) >= 11 is 0. The molecule has 104 valence electrons. The Kier molecular flexibility index (Phi) is 3.89. The molecule has 5 heteroatoms. The lowest BCUT2D eigenvalue weighted by molar-refractivity contribution is -0.384.